The van der Waals surface area contributed by atoms with Gasteiger partial charge in [0.15, 0.2) is 0 Å². The van der Waals surface area contributed by atoms with Crippen LogP contribution in [0.25, 0.3) is 0 Å². The standard InChI is InChI=1S/C13H25N3O3S/c1-8(15-10(17)12(2,3)19)7-9-5-6-13(9,14)11(18)16-20-4/h8-9,19H,5-7,14H2,1-4H3,(H,15,17)(H,16,18). The van der Waals surface area contributed by atoms with Crippen LogP contribution in [0.3, 0.4) is 0 Å². The van der Waals surface area contributed by atoms with E-state index in [0.717, 1.165) is 6.42 Å². The third-order valence-corrected chi connectivity index (χ3v) is 4.21. The predicted molar refractivity (Wildman–Crippen MR) is 79.8 cm³/mol. The summed E-state index contributed by atoms with van der Waals surface area (Å²) in [5, 5.41) is 12.3. The zero-order valence-corrected chi connectivity index (χ0v) is 13.3. The van der Waals surface area contributed by atoms with Crippen molar-refractivity contribution in [1.29, 1.82) is 0 Å². The molecule has 0 aliphatic heterocycles. The average Bonchev–Trinajstić information content (AvgIpc) is 2.32. The predicted octanol–water partition coefficient (Wildman–Crippen LogP) is 0.154. The molecule has 7 heteroatoms. The van der Waals surface area contributed by atoms with Crippen LogP contribution in [-0.2, 0) is 9.59 Å². The van der Waals surface area contributed by atoms with Gasteiger partial charge in [0.05, 0.1) is 5.54 Å². The summed E-state index contributed by atoms with van der Waals surface area (Å²) < 4.78 is 2.68. The van der Waals surface area contributed by atoms with Crippen molar-refractivity contribution in [3.8, 4) is 0 Å². The Bertz CT molecular complexity index is 384. The number of nitrogens with two attached hydrogens (primary N) is 1. The Morgan fingerprint density at radius 2 is 2.15 bits per heavy atom. The maximum atomic E-state index is 11.9. The Labute approximate surface area is 124 Å². The van der Waals surface area contributed by atoms with E-state index >= 15 is 0 Å². The normalized spacial score (nSPS) is 27.4. The van der Waals surface area contributed by atoms with Crippen LogP contribution >= 0.6 is 11.9 Å². The fourth-order valence-corrected chi connectivity index (χ4v) is 2.74. The number of hydrogen-bond donors (Lipinski definition) is 4. The second kappa shape index (κ2) is 6.32. The molecule has 0 aromatic heterocycles. The summed E-state index contributed by atoms with van der Waals surface area (Å²) >= 11 is 1.24. The highest BCUT2D eigenvalue weighted by molar-refractivity contribution is 7.97. The van der Waals surface area contributed by atoms with E-state index in [4.69, 9.17) is 5.73 Å². The fourth-order valence-electron chi connectivity index (χ4n) is 2.36. The zero-order chi connectivity index (χ0) is 15.6. The summed E-state index contributed by atoms with van der Waals surface area (Å²) in [5.74, 6) is -0.519. The zero-order valence-electron chi connectivity index (χ0n) is 12.5. The van der Waals surface area contributed by atoms with E-state index in [1.165, 1.54) is 25.8 Å². The summed E-state index contributed by atoms with van der Waals surface area (Å²) in [6.45, 7) is 4.74. The van der Waals surface area contributed by atoms with Crippen LogP contribution < -0.4 is 15.8 Å². The van der Waals surface area contributed by atoms with Gasteiger partial charge in [0, 0.05) is 12.3 Å². The molecule has 1 aliphatic rings. The minimum Gasteiger partial charge on any atom is -0.381 e. The van der Waals surface area contributed by atoms with E-state index < -0.39 is 17.0 Å². The molecule has 0 saturated heterocycles. The molecular formula is C13H25N3O3S. The van der Waals surface area contributed by atoms with E-state index in [-0.39, 0.29) is 17.9 Å². The maximum Gasteiger partial charge on any atom is 0.251 e. The molecule has 0 spiro atoms. The Morgan fingerprint density at radius 3 is 2.55 bits per heavy atom. The number of nitrogens with one attached hydrogen (secondary N) is 2. The summed E-state index contributed by atoms with van der Waals surface area (Å²) in [6.07, 6.45) is 3.94. The fraction of sp³-hybridized carbons (Fsp3) is 0.846. The molecule has 20 heavy (non-hydrogen) atoms. The molecule has 0 radical (unpaired) electrons. The third-order valence-electron chi connectivity index (χ3n) is 3.82. The lowest BCUT2D eigenvalue weighted by Crippen LogP contribution is -2.64. The van der Waals surface area contributed by atoms with Crippen LogP contribution in [0.15, 0.2) is 0 Å². The minimum atomic E-state index is -1.40. The van der Waals surface area contributed by atoms with Crippen molar-refractivity contribution in [2.24, 2.45) is 11.7 Å². The SMILES string of the molecule is CSNC(=O)C1(N)CCC1CC(C)NC(=O)C(C)(C)O. The van der Waals surface area contributed by atoms with Gasteiger partial charge in [-0.1, -0.05) is 11.9 Å². The highest BCUT2D eigenvalue weighted by Gasteiger charge is 2.49. The molecule has 1 saturated carbocycles. The first-order valence-corrected chi connectivity index (χ1v) is 7.99. The van der Waals surface area contributed by atoms with Gasteiger partial charge in [0.1, 0.15) is 5.60 Å². The van der Waals surface area contributed by atoms with Crippen LogP contribution in [0.4, 0.5) is 0 Å². The Kier molecular flexibility index (Phi) is 5.46. The second-order valence-electron chi connectivity index (χ2n) is 6.08. The largest absolute Gasteiger partial charge is 0.381 e. The molecule has 0 bridgehead atoms. The average molecular weight is 303 g/mol. The number of carbonyl (C=O) groups is 2. The molecule has 1 aliphatic carbocycles. The smallest absolute Gasteiger partial charge is 0.251 e. The molecule has 1 fully saturated rings. The molecule has 116 valence electrons. The van der Waals surface area contributed by atoms with Crippen LogP contribution in [0, 0.1) is 5.92 Å². The lowest BCUT2D eigenvalue weighted by atomic mass is 9.64. The topological polar surface area (TPSA) is 104 Å². The van der Waals surface area contributed by atoms with Gasteiger partial charge in [-0.3, -0.25) is 14.3 Å². The van der Waals surface area contributed by atoms with Crippen LogP contribution in [0.1, 0.15) is 40.0 Å². The van der Waals surface area contributed by atoms with Gasteiger partial charge >= 0.3 is 0 Å². The van der Waals surface area contributed by atoms with E-state index in [2.05, 4.69) is 10.0 Å². The molecule has 5 N–H and O–H groups in total. The first-order chi connectivity index (χ1) is 9.11. The molecule has 0 heterocycles. The maximum absolute atomic E-state index is 11.9. The Balaban J connectivity index is 2.53. The molecule has 6 nitrogen and oxygen atoms in total. The van der Waals surface area contributed by atoms with Crippen molar-refractivity contribution in [1.82, 2.24) is 10.0 Å². The molecule has 1 rings (SSSR count). The molecule has 3 atom stereocenters. The Morgan fingerprint density at radius 1 is 1.55 bits per heavy atom. The third kappa shape index (κ3) is 3.86. The Hall–Kier alpha value is -0.790. The van der Waals surface area contributed by atoms with E-state index in [1.807, 2.05) is 6.92 Å². The van der Waals surface area contributed by atoms with Gasteiger partial charge < -0.3 is 16.2 Å². The van der Waals surface area contributed by atoms with Crippen LogP contribution in [0.2, 0.25) is 0 Å². The van der Waals surface area contributed by atoms with E-state index in [0.29, 0.717) is 12.8 Å². The van der Waals surface area contributed by atoms with Crippen molar-refractivity contribution < 1.29 is 14.7 Å². The molecule has 0 aromatic rings. The van der Waals surface area contributed by atoms with E-state index in [1.54, 1.807) is 6.26 Å². The number of hydrogen-bond acceptors (Lipinski definition) is 5. The van der Waals surface area contributed by atoms with Gasteiger partial charge in [-0.25, -0.2) is 0 Å². The number of carbonyl (C=O) groups excluding carboxylic acids is 2. The van der Waals surface area contributed by atoms with Crippen molar-refractivity contribution in [3.63, 3.8) is 0 Å². The van der Waals surface area contributed by atoms with Gasteiger partial charge in [-0.2, -0.15) is 0 Å². The van der Waals surface area contributed by atoms with Gasteiger partial charge in [0.25, 0.3) is 5.91 Å². The molecule has 2 amide bonds. The van der Waals surface area contributed by atoms with Crippen molar-refractivity contribution in [2.75, 3.05) is 6.26 Å². The van der Waals surface area contributed by atoms with Gasteiger partial charge in [0.2, 0.25) is 5.91 Å². The van der Waals surface area contributed by atoms with Crippen molar-refractivity contribution in [2.45, 2.75) is 57.2 Å². The summed E-state index contributed by atoms with van der Waals surface area (Å²) in [6, 6.07) is -0.135. The number of aliphatic hydroxyl groups is 1. The summed E-state index contributed by atoms with van der Waals surface area (Å²) in [4.78, 5) is 23.6. The summed E-state index contributed by atoms with van der Waals surface area (Å²) in [5.41, 5.74) is 3.92. The highest BCUT2D eigenvalue weighted by atomic mass is 32.2. The molecule has 3 unspecified atom stereocenters. The molecule has 0 aromatic carbocycles. The van der Waals surface area contributed by atoms with Gasteiger partial charge in [-0.15, -0.1) is 0 Å². The lowest BCUT2D eigenvalue weighted by molar-refractivity contribution is -0.137. The lowest BCUT2D eigenvalue weighted by Gasteiger charge is -2.46. The first-order valence-electron chi connectivity index (χ1n) is 6.77. The van der Waals surface area contributed by atoms with Gasteiger partial charge in [-0.05, 0) is 46.0 Å². The monoisotopic (exact) mass is 303 g/mol. The first kappa shape index (κ1) is 17.3. The quantitative estimate of drug-likeness (QED) is 0.523. The summed E-state index contributed by atoms with van der Waals surface area (Å²) in [7, 11) is 0. The minimum absolute atomic E-state index is 0.0479. The highest BCUT2D eigenvalue weighted by Crippen LogP contribution is 2.40. The van der Waals surface area contributed by atoms with Crippen molar-refractivity contribution in [3.05, 3.63) is 0 Å². The molecular weight excluding hydrogens is 278 g/mol. The number of amides is 2. The van der Waals surface area contributed by atoms with Crippen LogP contribution in [-0.4, -0.2) is 40.4 Å². The van der Waals surface area contributed by atoms with E-state index in [9.17, 15) is 14.7 Å². The van der Waals surface area contributed by atoms with Crippen molar-refractivity contribution >= 4 is 23.8 Å². The number of rotatable bonds is 6. The van der Waals surface area contributed by atoms with Crippen LogP contribution in [0.5, 0.6) is 0 Å². The second-order valence-corrected chi connectivity index (χ2v) is 6.69.